The molecule has 1 aromatic carbocycles. The van der Waals surface area contributed by atoms with Gasteiger partial charge in [0, 0.05) is 19.3 Å². The molecular weight excluding hydrogens is 396 g/mol. The predicted molar refractivity (Wildman–Crippen MR) is 130 cm³/mol. The first-order chi connectivity index (χ1) is 15.1. The van der Waals surface area contributed by atoms with Gasteiger partial charge in [0.25, 0.3) is 5.91 Å². The molecule has 0 spiro atoms. The molecular formula is C28H40N2O2. The molecule has 0 bridgehead atoms. The summed E-state index contributed by atoms with van der Waals surface area (Å²) >= 11 is 0. The Morgan fingerprint density at radius 1 is 1.09 bits per heavy atom. The van der Waals surface area contributed by atoms with Crippen LogP contribution in [-0.2, 0) is 6.42 Å². The quantitative estimate of drug-likeness (QED) is 0.647. The molecule has 1 N–H and O–H groups in total. The maximum Gasteiger partial charge on any atom is 0.272 e. The molecule has 2 saturated carbocycles. The Kier molecular flexibility index (Phi) is 8.10. The minimum Gasteiger partial charge on any atom is -0.388 e. The van der Waals surface area contributed by atoms with Crippen LogP contribution in [0.4, 0.5) is 0 Å². The van der Waals surface area contributed by atoms with E-state index in [1.165, 1.54) is 5.56 Å². The molecule has 4 heteroatoms. The van der Waals surface area contributed by atoms with Gasteiger partial charge in [-0.15, -0.1) is 0 Å². The predicted octanol–water partition coefficient (Wildman–Crippen LogP) is 5.77. The van der Waals surface area contributed by atoms with E-state index in [9.17, 15) is 9.90 Å². The number of hydrogen-bond donors (Lipinski definition) is 1. The Labute approximate surface area is 194 Å². The number of fused-ring (bicyclic) bond motifs is 1. The van der Waals surface area contributed by atoms with Gasteiger partial charge in [-0.25, -0.2) is 0 Å². The number of likely N-dealkylation sites (tertiary alicyclic amines) is 1. The lowest BCUT2D eigenvalue weighted by atomic mass is 9.92. The summed E-state index contributed by atoms with van der Waals surface area (Å²) in [4.78, 5) is 19.1. The number of carbonyl (C=O) groups excluding carboxylic acids is 1. The first-order valence-corrected chi connectivity index (χ1v) is 12.1. The van der Waals surface area contributed by atoms with Crippen LogP contribution in [0.3, 0.4) is 0 Å². The molecule has 3 aliphatic rings. The highest BCUT2D eigenvalue weighted by Crippen LogP contribution is 2.51. The molecule has 2 aliphatic carbocycles. The number of nitrogens with zero attached hydrogens (tertiary/aromatic N) is 2. The normalized spacial score (nSPS) is 28.8. The molecule has 5 rings (SSSR count). The van der Waals surface area contributed by atoms with Crippen LogP contribution >= 0.6 is 0 Å². The first-order valence-electron chi connectivity index (χ1n) is 12.1. The van der Waals surface area contributed by atoms with E-state index in [2.05, 4.69) is 18.0 Å². The lowest BCUT2D eigenvalue weighted by Gasteiger charge is -2.19. The molecule has 32 heavy (non-hydrogen) atoms. The van der Waals surface area contributed by atoms with Crippen molar-refractivity contribution in [2.24, 2.45) is 29.6 Å². The van der Waals surface area contributed by atoms with Crippen LogP contribution in [-0.4, -0.2) is 34.0 Å². The molecule has 1 amide bonds. The Bertz CT molecular complexity index is 855. The van der Waals surface area contributed by atoms with Crippen LogP contribution in [0.2, 0.25) is 0 Å². The second-order valence-corrected chi connectivity index (χ2v) is 9.45. The third-order valence-corrected chi connectivity index (χ3v) is 7.65. The highest BCUT2D eigenvalue weighted by Gasteiger charge is 2.53. The number of piperidine rings is 1. The SMILES string of the molecule is C.CC.CC1C2CN(C(=O)c3ccc(C[C@@H]4CC[C@H]([C@H](O)c5ccccc5)C4)cn3)CC12. The maximum absolute atomic E-state index is 12.7. The summed E-state index contributed by atoms with van der Waals surface area (Å²) < 4.78 is 0. The zero-order valence-corrected chi connectivity index (χ0v) is 19.1. The number of benzene rings is 1. The van der Waals surface area contributed by atoms with E-state index < -0.39 is 0 Å². The zero-order chi connectivity index (χ0) is 22.0. The van der Waals surface area contributed by atoms with E-state index in [0.717, 1.165) is 62.1 Å². The van der Waals surface area contributed by atoms with Gasteiger partial charge in [0.15, 0.2) is 0 Å². The smallest absolute Gasteiger partial charge is 0.272 e. The van der Waals surface area contributed by atoms with E-state index in [-0.39, 0.29) is 19.4 Å². The summed E-state index contributed by atoms with van der Waals surface area (Å²) in [5.41, 5.74) is 2.79. The molecule has 1 aliphatic heterocycles. The summed E-state index contributed by atoms with van der Waals surface area (Å²) in [6.45, 7) is 8.10. The summed E-state index contributed by atoms with van der Waals surface area (Å²) in [6.07, 6.45) is 5.75. The van der Waals surface area contributed by atoms with Gasteiger partial charge in [0.05, 0.1) is 6.10 Å². The largest absolute Gasteiger partial charge is 0.388 e. The number of carbonyl (C=O) groups is 1. The number of aliphatic hydroxyl groups is 1. The van der Waals surface area contributed by atoms with E-state index in [1.54, 1.807) is 0 Å². The summed E-state index contributed by atoms with van der Waals surface area (Å²) in [5, 5.41) is 10.7. The fourth-order valence-electron chi connectivity index (χ4n) is 5.66. The Morgan fingerprint density at radius 3 is 2.41 bits per heavy atom. The number of pyridine rings is 1. The van der Waals surface area contributed by atoms with Gasteiger partial charge in [-0.3, -0.25) is 9.78 Å². The topological polar surface area (TPSA) is 53.4 Å². The monoisotopic (exact) mass is 436 g/mol. The fourth-order valence-corrected chi connectivity index (χ4v) is 5.66. The van der Waals surface area contributed by atoms with Crippen molar-refractivity contribution in [1.29, 1.82) is 0 Å². The minimum absolute atomic E-state index is 0. The average molecular weight is 437 g/mol. The summed E-state index contributed by atoms with van der Waals surface area (Å²) in [7, 11) is 0. The Balaban J connectivity index is 0.000000938. The van der Waals surface area contributed by atoms with Gasteiger partial charge < -0.3 is 10.0 Å². The van der Waals surface area contributed by atoms with Crippen molar-refractivity contribution in [3.63, 3.8) is 0 Å². The molecule has 1 aromatic heterocycles. The van der Waals surface area contributed by atoms with Crippen molar-refractivity contribution >= 4 is 5.91 Å². The molecule has 174 valence electrons. The standard InChI is InChI=1S/C25H30N2O2.C2H6.CH4/c1-16-21-14-27(15-22(16)21)25(29)23-10-8-18(13-26-23)11-17-7-9-20(12-17)24(28)19-5-3-2-4-6-19;1-2;/h2-6,8,10,13,16-17,20-22,24,28H,7,9,11-12,14-15H2,1H3;1-2H3;1H4/t16?,17-,20-,21?,22?,24+;;/m0../s1. The van der Waals surface area contributed by atoms with Crippen LogP contribution < -0.4 is 0 Å². The second kappa shape index (κ2) is 10.6. The molecule has 4 nitrogen and oxygen atoms in total. The van der Waals surface area contributed by atoms with Crippen molar-refractivity contribution in [1.82, 2.24) is 9.88 Å². The minimum atomic E-state index is -0.367. The number of hydrogen-bond acceptors (Lipinski definition) is 3. The second-order valence-electron chi connectivity index (χ2n) is 9.45. The molecule has 2 aromatic rings. The fraction of sp³-hybridized carbons (Fsp3) is 0.571. The maximum atomic E-state index is 12.7. The van der Waals surface area contributed by atoms with Gasteiger partial charge in [-0.1, -0.05) is 64.6 Å². The number of aromatic nitrogens is 1. The van der Waals surface area contributed by atoms with E-state index in [1.807, 2.05) is 61.3 Å². The van der Waals surface area contributed by atoms with Gasteiger partial charge in [-0.2, -0.15) is 0 Å². The average Bonchev–Trinajstić information content (AvgIpc) is 3.21. The molecule has 2 heterocycles. The Hall–Kier alpha value is -2.20. The lowest BCUT2D eigenvalue weighted by Crippen LogP contribution is -2.31. The van der Waals surface area contributed by atoms with Gasteiger partial charge in [0.1, 0.15) is 5.69 Å². The van der Waals surface area contributed by atoms with E-state index in [4.69, 9.17) is 0 Å². The number of rotatable bonds is 5. The number of amides is 1. The summed E-state index contributed by atoms with van der Waals surface area (Å²) in [6, 6.07) is 14.0. The van der Waals surface area contributed by atoms with Crippen LogP contribution in [0.5, 0.6) is 0 Å². The van der Waals surface area contributed by atoms with Gasteiger partial charge >= 0.3 is 0 Å². The van der Waals surface area contributed by atoms with Crippen LogP contribution in [0.15, 0.2) is 48.7 Å². The lowest BCUT2D eigenvalue weighted by molar-refractivity contribution is 0.0763. The van der Waals surface area contributed by atoms with Crippen molar-refractivity contribution in [3.05, 3.63) is 65.5 Å². The summed E-state index contributed by atoms with van der Waals surface area (Å²) in [5.74, 6) is 3.24. The molecule has 1 saturated heterocycles. The van der Waals surface area contributed by atoms with E-state index in [0.29, 0.717) is 17.5 Å². The molecule has 0 radical (unpaired) electrons. The molecule has 5 atom stereocenters. The highest BCUT2D eigenvalue weighted by atomic mass is 16.3. The first kappa shape index (κ1) is 24.4. The van der Waals surface area contributed by atoms with Crippen molar-refractivity contribution in [3.8, 4) is 0 Å². The van der Waals surface area contributed by atoms with Gasteiger partial charge in [0.2, 0.25) is 0 Å². The number of aliphatic hydroxyl groups excluding tert-OH is 1. The Morgan fingerprint density at radius 2 is 1.78 bits per heavy atom. The van der Waals surface area contributed by atoms with Crippen LogP contribution in [0.25, 0.3) is 0 Å². The van der Waals surface area contributed by atoms with Crippen LogP contribution in [0, 0.1) is 29.6 Å². The van der Waals surface area contributed by atoms with E-state index >= 15 is 0 Å². The van der Waals surface area contributed by atoms with Crippen molar-refractivity contribution in [2.45, 2.75) is 60.0 Å². The molecule has 3 fully saturated rings. The van der Waals surface area contributed by atoms with Crippen molar-refractivity contribution in [2.75, 3.05) is 13.1 Å². The van der Waals surface area contributed by atoms with Crippen molar-refractivity contribution < 1.29 is 9.90 Å². The zero-order valence-electron chi connectivity index (χ0n) is 19.1. The molecule has 2 unspecified atom stereocenters. The third-order valence-electron chi connectivity index (χ3n) is 7.65. The third kappa shape index (κ3) is 5.06. The van der Waals surface area contributed by atoms with Crippen LogP contribution in [0.1, 0.15) is 75.2 Å². The van der Waals surface area contributed by atoms with Gasteiger partial charge in [-0.05, 0) is 72.5 Å². The highest BCUT2D eigenvalue weighted by molar-refractivity contribution is 5.92.